The summed E-state index contributed by atoms with van der Waals surface area (Å²) >= 11 is 6.32. The van der Waals surface area contributed by atoms with Crippen LogP contribution in [0.4, 0.5) is 0 Å². The number of carbonyl (C=O) groups is 1. The van der Waals surface area contributed by atoms with E-state index in [9.17, 15) is 4.79 Å². The molecule has 6 heteroatoms. The van der Waals surface area contributed by atoms with Crippen molar-refractivity contribution in [2.45, 2.75) is 52.1 Å². The molecule has 0 bridgehead atoms. The van der Waals surface area contributed by atoms with Crippen LogP contribution in [-0.4, -0.2) is 21.2 Å². The van der Waals surface area contributed by atoms with E-state index in [-0.39, 0.29) is 5.91 Å². The van der Waals surface area contributed by atoms with E-state index in [1.165, 1.54) is 6.08 Å². The molecule has 1 amide bonds. The van der Waals surface area contributed by atoms with Gasteiger partial charge in [-0.1, -0.05) is 25.4 Å². The number of hydrogen-bond acceptors (Lipinski definition) is 3. The lowest BCUT2D eigenvalue weighted by Crippen LogP contribution is -2.51. The van der Waals surface area contributed by atoms with Crippen LogP contribution in [0.25, 0.3) is 6.08 Å². The lowest BCUT2D eigenvalue weighted by Gasteiger charge is -2.35. The van der Waals surface area contributed by atoms with Crippen molar-refractivity contribution in [3.8, 4) is 6.07 Å². The Hall–Kier alpha value is -1.80. The molecular formula is C16H21ClN4O. The van der Waals surface area contributed by atoms with Gasteiger partial charge in [0.1, 0.15) is 10.7 Å². The van der Waals surface area contributed by atoms with E-state index < -0.39 is 5.54 Å². The van der Waals surface area contributed by atoms with Crippen LogP contribution >= 0.6 is 11.6 Å². The van der Waals surface area contributed by atoms with Crippen LogP contribution < -0.4 is 5.32 Å². The fourth-order valence-corrected chi connectivity index (χ4v) is 2.76. The standard InChI is InChI=1S/C16H21ClN4O/c1-11(2)9-21-15(17)13(12(3)20-21)5-6-14(22)19-16(10-18)7-4-8-16/h5-6,11H,4,7-9H2,1-3H3,(H,19,22)/b6-5+. The predicted octanol–water partition coefficient (Wildman–Crippen LogP) is 3.08. The third kappa shape index (κ3) is 3.50. The second kappa shape index (κ2) is 6.53. The van der Waals surface area contributed by atoms with Crippen molar-refractivity contribution < 1.29 is 4.79 Å². The minimum atomic E-state index is -0.678. The van der Waals surface area contributed by atoms with Gasteiger partial charge in [-0.2, -0.15) is 10.4 Å². The quantitative estimate of drug-likeness (QED) is 0.847. The maximum absolute atomic E-state index is 12.0. The van der Waals surface area contributed by atoms with Crippen LogP contribution in [-0.2, 0) is 11.3 Å². The van der Waals surface area contributed by atoms with E-state index in [0.29, 0.717) is 11.1 Å². The number of aromatic nitrogens is 2. The van der Waals surface area contributed by atoms with E-state index in [2.05, 4.69) is 30.3 Å². The summed E-state index contributed by atoms with van der Waals surface area (Å²) in [5, 5.41) is 16.8. The highest BCUT2D eigenvalue weighted by molar-refractivity contribution is 6.31. The molecule has 5 nitrogen and oxygen atoms in total. The maximum atomic E-state index is 12.0. The maximum Gasteiger partial charge on any atom is 0.245 e. The Labute approximate surface area is 135 Å². The van der Waals surface area contributed by atoms with E-state index in [1.54, 1.807) is 10.8 Å². The van der Waals surface area contributed by atoms with E-state index in [0.717, 1.165) is 37.1 Å². The van der Waals surface area contributed by atoms with E-state index in [1.807, 2.05) is 6.92 Å². The number of aryl methyl sites for hydroxylation is 1. The lowest BCUT2D eigenvalue weighted by molar-refractivity contribution is -0.118. The highest BCUT2D eigenvalue weighted by atomic mass is 35.5. The Morgan fingerprint density at radius 2 is 2.27 bits per heavy atom. The number of nitrogens with one attached hydrogen (secondary N) is 1. The monoisotopic (exact) mass is 320 g/mol. The van der Waals surface area contributed by atoms with Crippen LogP contribution in [0.15, 0.2) is 6.08 Å². The molecule has 1 fully saturated rings. The van der Waals surface area contributed by atoms with Gasteiger partial charge in [-0.25, -0.2) is 0 Å². The van der Waals surface area contributed by atoms with Crippen LogP contribution in [0.3, 0.4) is 0 Å². The molecule has 118 valence electrons. The number of carbonyl (C=O) groups excluding carboxylic acids is 1. The Morgan fingerprint density at radius 3 is 2.77 bits per heavy atom. The summed E-state index contributed by atoms with van der Waals surface area (Å²) in [6.07, 6.45) is 5.50. The first-order valence-electron chi connectivity index (χ1n) is 7.51. The third-order valence-corrected chi connectivity index (χ3v) is 4.23. The second-order valence-corrected chi connectivity index (χ2v) is 6.59. The molecule has 0 unspecified atom stereocenters. The minimum absolute atomic E-state index is 0.270. The smallest absolute Gasteiger partial charge is 0.245 e. The number of nitrogens with zero attached hydrogens (tertiary/aromatic N) is 3. The van der Waals surface area contributed by atoms with Crippen LogP contribution in [0.2, 0.25) is 5.15 Å². The molecule has 0 spiro atoms. The topological polar surface area (TPSA) is 70.7 Å². The van der Waals surface area contributed by atoms with Crippen molar-refractivity contribution in [1.82, 2.24) is 15.1 Å². The molecule has 0 atom stereocenters. The van der Waals surface area contributed by atoms with Crippen molar-refractivity contribution >= 4 is 23.6 Å². The lowest BCUT2D eigenvalue weighted by atomic mass is 9.78. The third-order valence-electron chi connectivity index (χ3n) is 3.83. The summed E-state index contributed by atoms with van der Waals surface area (Å²) < 4.78 is 1.75. The summed E-state index contributed by atoms with van der Waals surface area (Å²) in [5.41, 5.74) is 0.854. The van der Waals surface area contributed by atoms with Gasteiger partial charge in [0.25, 0.3) is 0 Å². The van der Waals surface area contributed by atoms with Gasteiger partial charge in [-0.15, -0.1) is 0 Å². The average Bonchev–Trinajstić information content (AvgIpc) is 2.66. The van der Waals surface area contributed by atoms with Crippen LogP contribution in [0.1, 0.15) is 44.4 Å². The molecule has 2 rings (SSSR count). The Balaban J connectivity index is 2.08. The second-order valence-electron chi connectivity index (χ2n) is 6.24. The number of halogens is 1. The molecule has 1 aliphatic rings. The molecule has 1 heterocycles. The molecule has 22 heavy (non-hydrogen) atoms. The van der Waals surface area contributed by atoms with Crippen LogP contribution in [0, 0.1) is 24.2 Å². The van der Waals surface area contributed by atoms with Gasteiger partial charge in [-0.3, -0.25) is 9.48 Å². The van der Waals surface area contributed by atoms with Crippen molar-refractivity contribution in [2.75, 3.05) is 0 Å². The SMILES string of the molecule is Cc1nn(CC(C)C)c(Cl)c1/C=C/C(=O)NC1(C#N)CCC1. The Morgan fingerprint density at radius 1 is 1.59 bits per heavy atom. The molecule has 0 saturated heterocycles. The zero-order valence-corrected chi connectivity index (χ0v) is 13.9. The molecule has 1 aromatic heterocycles. The normalized spacial score (nSPS) is 16.5. The Kier molecular flexibility index (Phi) is 4.92. The highest BCUT2D eigenvalue weighted by Crippen LogP contribution is 2.31. The molecular weight excluding hydrogens is 300 g/mol. The van der Waals surface area contributed by atoms with Gasteiger partial charge in [0.2, 0.25) is 5.91 Å². The van der Waals surface area contributed by atoms with E-state index >= 15 is 0 Å². The first-order valence-corrected chi connectivity index (χ1v) is 7.89. The predicted molar refractivity (Wildman–Crippen MR) is 86.2 cm³/mol. The van der Waals surface area contributed by atoms with E-state index in [4.69, 9.17) is 16.9 Å². The molecule has 1 aromatic rings. The first kappa shape index (κ1) is 16.6. The average molecular weight is 321 g/mol. The molecule has 0 aliphatic heterocycles. The fourth-order valence-electron chi connectivity index (χ4n) is 2.45. The van der Waals surface area contributed by atoms with Gasteiger partial charge >= 0.3 is 0 Å². The summed E-state index contributed by atoms with van der Waals surface area (Å²) in [6, 6.07) is 2.18. The van der Waals surface area contributed by atoms with Crippen molar-refractivity contribution in [3.63, 3.8) is 0 Å². The zero-order chi connectivity index (χ0) is 16.3. The van der Waals surface area contributed by atoms with Gasteiger partial charge in [-0.05, 0) is 38.2 Å². The number of rotatable bonds is 5. The molecule has 1 N–H and O–H groups in total. The highest BCUT2D eigenvalue weighted by Gasteiger charge is 2.38. The summed E-state index contributed by atoms with van der Waals surface area (Å²) in [4.78, 5) is 12.0. The summed E-state index contributed by atoms with van der Waals surface area (Å²) in [7, 11) is 0. The minimum Gasteiger partial charge on any atom is -0.334 e. The van der Waals surface area contributed by atoms with Gasteiger partial charge < -0.3 is 5.32 Å². The summed E-state index contributed by atoms with van der Waals surface area (Å²) in [6.45, 7) is 6.78. The molecule has 0 aromatic carbocycles. The van der Waals surface area contributed by atoms with Crippen molar-refractivity contribution in [2.24, 2.45) is 5.92 Å². The van der Waals surface area contributed by atoms with Gasteiger partial charge in [0.05, 0.1) is 11.8 Å². The van der Waals surface area contributed by atoms with Crippen LogP contribution in [0.5, 0.6) is 0 Å². The number of nitriles is 1. The largest absolute Gasteiger partial charge is 0.334 e. The summed E-state index contributed by atoms with van der Waals surface area (Å²) in [5.74, 6) is 0.166. The first-order chi connectivity index (χ1) is 10.4. The molecule has 0 radical (unpaired) electrons. The fraction of sp³-hybridized carbons (Fsp3) is 0.562. The number of hydrogen-bond donors (Lipinski definition) is 1. The molecule has 1 saturated carbocycles. The number of amides is 1. The van der Waals surface area contributed by atoms with Crippen molar-refractivity contribution in [1.29, 1.82) is 5.26 Å². The van der Waals surface area contributed by atoms with Gasteiger partial charge in [0.15, 0.2) is 0 Å². The Bertz CT molecular complexity index is 635. The van der Waals surface area contributed by atoms with Gasteiger partial charge in [0, 0.05) is 18.2 Å². The molecule has 1 aliphatic carbocycles. The van der Waals surface area contributed by atoms with Crippen molar-refractivity contribution in [3.05, 3.63) is 22.5 Å². The zero-order valence-electron chi connectivity index (χ0n) is 13.2.